The van der Waals surface area contributed by atoms with Crippen molar-refractivity contribution in [2.24, 2.45) is 0 Å². The standard InChI is InChI=1S/C20H26N4O2/c1-15-4-5-16(23(2)3)14-19(15)22-20(25)24-12-8-18(9-13-24)26-17-6-10-21-11-7-17/h4-7,10-11,14,18H,8-9,12-13H2,1-3H3,(H,22,25). The number of aryl methyl sites for hydroxylation is 1. The highest BCUT2D eigenvalue weighted by Gasteiger charge is 2.24. The van der Waals surface area contributed by atoms with Crippen molar-refractivity contribution in [3.8, 4) is 5.75 Å². The number of likely N-dealkylation sites (tertiary alicyclic amines) is 1. The third-order valence-corrected chi connectivity index (χ3v) is 4.66. The van der Waals surface area contributed by atoms with E-state index in [1.54, 1.807) is 12.4 Å². The van der Waals surface area contributed by atoms with Gasteiger partial charge < -0.3 is 19.9 Å². The topological polar surface area (TPSA) is 57.7 Å². The van der Waals surface area contributed by atoms with Crippen LogP contribution in [0.5, 0.6) is 5.75 Å². The molecule has 1 saturated heterocycles. The van der Waals surface area contributed by atoms with Crippen molar-refractivity contribution in [1.82, 2.24) is 9.88 Å². The lowest BCUT2D eigenvalue weighted by Crippen LogP contribution is -2.43. The number of rotatable bonds is 4. The Morgan fingerprint density at radius 3 is 2.54 bits per heavy atom. The zero-order chi connectivity index (χ0) is 18.5. The first kappa shape index (κ1) is 18.0. The summed E-state index contributed by atoms with van der Waals surface area (Å²) in [5, 5.41) is 3.05. The summed E-state index contributed by atoms with van der Waals surface area (Å²) in [5.74, 6) is 0.832. The van der Waals surface area contributed by atoms with Crippen molar-refractivity contribution in [1.29, 1.82) is 0 Å². The molecule has 6 nitrogen and oxygen atoms in total. The van der Waals surface area contributed by atoms with Crippen LogP contribution in [0.25, 0.3) is 0 Å². The van der Waals surface area contributed by atoms with Crippen LogP contribution in [-0.2, 0) is 0 Å². The number of ether oxygens (including phenoxy) is 1. The molecule has 0 spiro atoms. The van der Waals surface area contributed by atoms with Gasteiger partial charge >= 0.3 is 6.03 Å². The maximum atomic E-state index is 12.6. The minimum absolute atomic E-state index is 0.0497. The number of amides is 2. The van der Waals surface area contributed by atoms with Crippen LogP contribution in [0.1, 0.15) is 18.4 Å². The molecule has 1 fully saturated rings. The summed E-state index contributed by atoms with van der Waals surface area (Å²) in [6.45, 7) is 3.38. The molecular weight excluding hydrogens is 328 g/mol. The van der Waals surface area contributed by atoms with Crippen molar-refractivity contribution in [3.05, 3.63) is 48.3 Å². The van der Waals surface area contributed by atoms with E-state index in [0.717, 1.165) is 35.5 Å². The number of carbonyl (C=O) groups excluding carboxylic acids is 1. The molecule has 0 unspecified atom stereocenters. The summed E-state index contributed by atoms with van der Waals surface area (Å²) >= 11 is 0. The summed E-state index contributed by atoms with van der Waals surface area (Å²) in [6.07, 6.45) is 5.24. The number of urea groups is 1. The van der Waals surface area contributed by atoms with Crippen LogP contribution in [0, 0.1) is 6.92 Å². The van der Waals surface area contributed by atoms with E-state index in [4.69, 9.17) is 4.74 Å². The van der Waals surface area contributed by atoms with Crippen molar-refractivity contribution < 1.29 is 9.53 Å². The molecule has 6 heteroatoms. The van der Waals surface area contributed by atoms with Gasteiger partial charge in [-0.25, -0.2) is 4.79 Å². The number of anilines is 2. The number of benzene rings is 1. The van der Waals surface area contributed by atoms with Crippen molar-refractivity contribution >= 4 is 17.4 Å². The predicted molar refractivity (Wildman–Crippen MR) is 104 cm³/mol. The Morgan fingerprint density at radius 2 is 1.88 bits per heavy atom. The van der Waals surface area contributed by atoms with E-state index in [0.29, 0.717) is 13.1 Å². The Kier molecular flexibility index (Phi) is 5.61. The van der Waals surface area contributed by atoms with E-state index in [-0.39, 0.29) is 12.1 Å². The highest BCUT2D eigenvalue weighted by Crippen LogP contribution is 2.23. The van der Waals surface area contributed by atoms with Crippen LogP contribution >= 0.6 is 0 Å². The first-order valence-electron chi connectivity index (χ1n) is 8.93. The van der Waals surface area contributed by atoms with Gasteiger partial charge in [0, 0.05) is 63.8 Å². The van der Waals surface area contributed by atoms with Crippen LogP contribution in [0.2, 0.25) is 0 Å². The van der Waals surface area contributed by atoms with Crippen molar-refractivity contribution in [2.75, 3.05) is 37.4 Å². The third-order valence-electron chi connectivity index (χ3n) is 4.66. The van der Waals surface area contributed by atoms with Crippen LogP contribution in [0.15, 0.2) is 42.7 Å². The Morgan fingerprint density at radius 1 is 1.19 bits per heavy atom. The lowest BCUT2D eigenvalue weighted by molar-refractivity contribution is 0.115. The summed E-state index contributed by atoms with van der Waals surface area (Å²) in [6, 6.07) is 9.75. The van der Waals surface area contributed by atoms with E-state index in [9.17, 15) is 4.79 Å². The second-order valence-electron chi connectivity index (χ2n) is 6.81. The molecule has 2 amide bonds. The summed E-state index contributed by atoms with van der Waals surface area (Å²) in [5.41, 5.74) is 2.98. The van der Waals surface area contributed by atoms with Gasteiger partial charge in [0.15, 0.2) is 0 Å². The smallest absolute Gasteiger partial charge is 0.321 e. The molecular formula is C20H26N4O2. The number of hydrogen-bond acceptors (Lipinski definition) is 4. The molecule has 1 N–H and O–H groups in total. The zero-order valence-corrected chi connectivity index (χ0v) is 15.6. The van der Waals surface area contributed by atoms with Gasteiger partial charge in [-0.15, -0.1) is 0 Å². The number of carbonyl (C=O) groups is 1. The molecule has 0 radical (unpaired) electrons. The number of hydrogen-bond donors (Lipinski definition) is 1. The van der Waals surface area contributed by atoms with E-state index in [1.807, 2.05) is 61.2 Å². The van der Waals surface area contributed by atoms with Gasteiger partial charge in [-0.05, 0) is 36.8 Å². The Hall–Kier alpha value is -2.76. The zero-order valence-electron chi connectivity index (χ0n) is 15.6. The molecule has 1 aromatic heterocycles. The second-order valence-corrected chi connectivity index (χ2v) is 6.81. The predicted octanol–water partition coefficient (Wildman–Crippen LogP) is 3.53. The SMILES string of the molecule is Cc1ccc(N(C)C)cc1NC(=O)N1CCC(Oc2ccncc2)CC1. The fraction of sp³-hybridized carbons (Fsp3) is 0.400. The van der Waals surface area contributed by atoms with E-state index >= 15 is 0 Å². The molecule has 138 valence electrons. The molecule has 0 aliphatic carbocycles. The summed E-state index contributed by atoms with van der Waals surface area (Å²) in [4.78, 5) is 20.5. The van der Waals surface area contributed by atoms with Crippen LogP contribution < -0.4 is 15.0 Å². The molecule has 0 saturated carbocycles. The molecule has 1 aliphatic heterocycles. The molecule has 1 aromatic carbocycles. The minimum atomic E-state index is -0.0497. The molecule has 26 heavy (non-hydrogen) atoms. The first-order chi connectivity index (χ1) is 12.5. The largest absolute Gasteiger partial charge is 0.490 e. The first-order valence-corrected chi connectivity index (χ1v) is 8.93. The van der Waals surface area contributed by atoms with Crippen molar-refractivity contribution in [2.45, 2.75) is 25.9 Å². The van der Waals surface area contributed by atoms with E-state index < -0.39 is 0 Å². The van der Waals surface area contributed by atoms with Gasteiger partial charge in [-0.1, -0.05) is 6.07 Å². The van der Waals surface area contributed by atoms with Gasteiger partial charge in [0.2, 0.25) is 0 Å². The van der Waals surface area contributed by atoms with E-state index in [2.05, 4.69) is 10.3 Å². The van der Waals surface area contributed by atoms with Gasteiger partial charge in [0.05, 0.1) is 0 Å². The third kappa shape index (κ3) is 4.45. The maximum Gasteiger partial charge on any atom is 0.321 e. The van der Waals surface area contributed by atoms with Gasteiger partial charge in [0.1, 0.15) is 11.9 Å². The number of pyridine rings is 1. The molecule has 3 rings (SSSR count). The minimum Gasteiger partial charge on any atom is -0.490 e. The highest BCUT2D eigenvalue weighted by atomic mass is 16.5. The molecule has 0 atom stereocenters. The quantitative estimate of drug-likeness (QED) is 0.912. The van der Waals surface area contributed by atoms with Gasteiger partial charge in [-0.2, -0.15) is 0 Å². The van der Waals surface area contributed by atoms with E-state index in [1.165, 1.54) is 0 Å². The molecule has 2 heterocycles. The lowest BCUT2D eigenvalue weighted by atomic mass is 10.1. The second kappa shape index (κ2) is 8.08. The number of piperidine rings is 1. The number of nitrogens with zero attached hydrogens (tertiary/aromatic N) is 3. The summed E-state index contributed by atoms with van der Waals surface area (Å²) < 4.78 is 5.96. The van der Waals surface area contributed by atoms with Crippen LogP contribution in [-0.4, -0.2) is 49.2 Å². The fourth-order valence-electron chi connectivity index (χ4n) is 3.00. The lowest BCUT2D eigenvalue weighted by Gasteiger charge is -2.32. The monoisotopic (exact) mass is 354 g/mol. The van der Waals surface area contributed by atoms with Gasteiger partial charge in [-0.3, -0.25) is 4.98 Å². The maximum absolute atomic E-state index is 12.6. The average molecular weight is 354 g/mol. The van der Waals surface area contributed by atoms with Crippen LogP contribution in [0.3, 0.4) is 0 Å². The summed E-state index contributed by atoms with van der Waals surface area (Å²) in [7, 11) is 3.98. The molecule has 2 aromatic rings. The average Bonchev–Trinajstić information content (AvgIpc) is 2.64. The van der Waals surface area contributed by atoms with Crippen LogP contribution in [0.4, 0.5) is 16.2 Å². The Balaban J connectivity index is 1.55. The van der Waals surface area contributed by atoms with Gasteiger partial charge in [0.25, 0.3) is 0 Å². The number of aromatic nitrogens is 1. The molecule has 0 bridgehead atoms. The Labute approximate surface area is 154 Å². The Bertz CT molecular complexity index is 741. The molecule has 1 aliphatic rings. The normalized spacial score (nSPS) is 14.8. The highest BCUT2D eigenvalue weighted by molar-refractivity contribution is 5.91. The van der Waals surface area contributed by atoms with Crippen molar-refractivity contribution in [3.63, 3.8) is 0 Å². The number of nitrogens with one attached hydrogen (secondary N) is 1. The fourth-order valence-corrected chi connectivity index (χ4v) is 3.00.